The lowest BCUT2D eigenvalue weighted by molar-refractivity contribution is -0.274. The lowest BCUT2D eigenvalue weighted by Gasteiger charge is -2.24. The van der Waals surface area contributed by atoms with Crippen molar-refractivity contribution in [2.45, 2.75) is 37.9 Å². The minimum absolute atomic E-state index is 0.00861. The van der Waals surface area contributed by atoms with Crippen LogP contribution in [0.15, 0.2) is 24.3 Å². The third-order valence-corrected chi connectivity index (χ3v) is 4.93. The van der Waals surface area contributed by atoms with E-state index in [1.807, 2.05) is 0 Å². The zero-order valence-corrected chi connectivity index (χ0v) is 14.9. The Labute approximate surface area is 149 Å². The fraction of sp³-hybridized carbons (Fsp3) is 0.588. The Balaban J connectivity index is 1.95. The minimum atomic E-state index is -4.73. The lowest BCUT2D eigenvalue weighted by atomic mass is 10.2. The fourth-order valence-electron chi connectivity index (χ4n) is 2.52. The molecule has 0 bridgehead atoms. The number of nitrogens with zero attached hydrogens (tertiary/aromatic N) is 1. The average Bonchev–Trinajstić information content (AvgIpc) is 2.90. The number of thioether (sulfide) groups is 1. The van der Waals surface area contributed by atoms with E-state index in [2.05, 4.69) is 11.7 Å². The lowest BCUT2D eigenvalue weighted by Crippen LogP contribution is -2.30. The molecule has 1 aliphatic rings. The van der Waals surface area contributed by atoms with Gasteiger partial charge in [-0.25, -0.2) is 0 Å². The first-order valence-corrected chi connectivity index (χ1v) is 9.30. The van der Waals surface area contributed by atoms with Crippen molar-refractivity contribution in [3.63, 3.8) is 0 Å². The van der Waals surface area contributed by atoms with Gasteiger partial charge in [-0.15, -0.1) is 24.9 Å². The standard InChI is InChI=1S/C17H22F3NO3S/c1-2-3-9-23-10-5-8-21-15(22)12-25-16(21)13-6-4-7-14(11-13)24-17(18,19)20/h4,6-7,11,16H,2-3,5,8-10,12H2,1H3. The molecule has 0 aromatic heterocycles. The molecule has 1 amide bonds. The number of carbonyl (C=O) groups excluding carboxylic acids is 1. The van der Waals surface area contributed by atoms with Crippen LogP contribution in [0.2, 0.25) is 0 Å². The SMILES string of the molecule is CCCCOCCCN1C(=O)CSC1c1cccc(OC(F)(F)F)c1. The van der Waals surface area contributed by atoms with Crippen LogP contribution in [-0.2, 0) is 9.53 Å². The van der Waals surface area contributed by atoms with Crippen molar-refractivity contribution in [3.05, 3.63) is 29.8 Å². The van der Waals surface area contributed by atoms with Crippen molar-refractivity contribution >= 4 is 17.7 Å². The van der Waals surface area contributed by atoms with E-state index in [1.54, 1.807) is 11.0 Å². The highest BCUT2D eigenvalue weighted by molar-refractivity contribution is 8.00. The van der Waals surface area contributed by atoms with Gasteiger partial charge in [-0.3, -0.25) is 4.79 Å². The van der Waals surface area contributed by atoms with Crippen molar-refractivity contribution in [1.82, 2.24) is 4.90 Å². The molecule has 1 aromatic carbocycles. The van der Waals surface area contributed by atoms with Crippen molar-refractivity contribution in [3.8, 4) is 5.75 Å². The van der Waals surface area contributed by atoms with Crippen LogP contribution in [0.5, 0.6) is 5.75 Å². The summed E-state index contributed by atoms with van der Waals surface area (Å²) in [5.41, 5.74) is 0.629. The third-order valence-electron chi connectivity index (χ3n) is 3.67. The van der Waals surface area contributed by atoms with E-state index in [4.69, 9.17) is 4.74 Å². The number of hydrogen-bond acceptors (Lipinski definition) is 4. The smallest absolute Gasteiger partial charge is 0.406 e. The van der Waals surface area contributed by atoms with Gasteiger partial charge < -0.3 is 14.4 Å². The predicted octanol–water partition coefficient (Wildman–Crippen LogP) is 4.37. The van der Waals surface area contributed by atoms with Crippen molar-refractivity contribution in [2.75, 3.05) is 25.5 Å². The summed E-state index contributed by atoms with van der Waals surface area (Å²) in [6.45, 7) is 3.88. The van der Waals surface area contributed by atoms with Crippen molar-refractivity contribution in [1.29, 1.82) is 0 Å². The fourth-order valence-corrected chi connectivity index (χ4v) is 3.73. The zero-order chi connectivity index (χ0) is 18.3. The van der Waals surface area contributed by atoms with Gasteiger partial charge in [-0.05, 0) is 30.5 Å². The molecular weight excluding hydrogens is 355 g/mol. The van der Waals surface area contributed by atoms with Gasteiger partial charge in [0.25, 0.3) is 0 Å². The summed E-state index contributed by atoms with van der Waals surface area (Å²) in [5.74, 6) is 0.0459. The second-order valence-corrected chi connectivity index (χ2v) is 6.76. The first-order chi connectivity index (χ1) is 11.9. The number of unbranched alkanes of at least 4 members (excludes halogenated alkanes) is 1. The zero-order valence-electron chi connectivity index (χ0n) is 14.1. The maximum atomic E-state index is 12.4. The molecule has 1 atom stereocenters. The summed E-state index contributed by atoms with van der Waals surface area (Å²) in [5, 5.41) is -0.292. The van der Waals surface area contributed by atoms with Crippen molar-refractivity contribution in [2.24, 2.45) is 0 Å². The Hall–Kier alpha value is -1.41. The summed E-state index contributed by atoms with van der Waals surface area (Å²) < 4.78 is 46.6. The third kappa shape index (κ3) is 6.43. The molecule has 25 heavy (non-hydrogen) atoms. The highest BCUT2D eigenvalue weighted by Gasteiger charge is 2.34. The quantitative estimate of drug-likeness (QED) is 0.599. The number of alkyl halides is 3. The van der Waals surface area contributed by atoms with E-state index in [1.165, 1.54) is 30.0 Å². The molecule has 2 rings (SSSR count). The number of halogens is 3. The summed E-state index contributed by atoms with van der Waals surface area (Å²) in [7, 11) is 0. The molecular formula is C17H22F3NO3S. The van der Waals surface area contributed by atoms with Gasteiger partial charge in [0.15, 0.2) is 0 Å². The van der Waals surface area contributed by atoms with E-state index < -0.39 is 6.36 Å². The number of carbonyl (C=O) groups is 1. The van der Waals surface area contributed by atoms with Crippen LogP contribution in [0.1, 0.15) is 37.1 Å². The molecule has 140 valence electrons. The Morgan fingerprint density at radius 2 is 2.04 bits per heavy atom. The summed E-state index contributed by atoms with van der Waals surface area (Å²) in [4.78, 5) is 13.8. The van der Waals surface area contributed by atoms with E-state index >= 15 is 0 Å². The monoisotopic (exact) mass is 377 g/mol. The van der Waals surface area contributed by atoms with E-state index in [0.717, 1.165) is 12.8 Å². The maximum Gasteiger partial charge on any atom is 0.573 e. The minimum Gasteiger partial charge on any atom is -0.406 e. The maximum absolute atomic E-state index is 12.4. The molecule has 0 aliphatic carbocycles. The van der Waals surface area contributed by atoms with Gasteiger partial charge in [0.05, 0.1) is 5.75 Å². The van der Waals surface area contributed by atoms with Gasteiger partial charge in [-0.1, -0.05) is 25.5 Å². The molecule has 1 unspecified atom stereocenters. The van der Waals surface area contributed by atoms with E-state index in [0.29, 0.717) is 37.5 Å². The highest BCUT2D eigenvalue weighted by atomic mass is 32.2. The van der Waals surface area contributed by atoms with Crippen LogP contribution in [-0.4, -0.2) is 42.7 Å². The molecule has 1 saturated heterocycles. The number of benzene rings is 1. The van der Waals surface area contributed by atoms with Crippen molar-refractivity contribution < 1.29 is 27.4 Å². The molecule has 0 N–H and O–H groups in total. The molecule has 1 aromatic rings. The first-order valence-electron chi connectivity index (χ1n) is 8.25. The normalized spacial score (nSPS) is 18.0. The van der Waals surface area contributed by atoms with Crippen LogP contribution in [0, 0.1) is 0 Å². The number of hydrogen-bond donors (Lipinski definition) is 0. The van der Waals surface area contributed by atoms with Crippen LogP contribution < -0.4 is 4.74 Å². The van der Waals surface area contributed by atoms with Crippen LogP contribution in [0.4, 0.5) is 13.2 Å². The number of amides is 1. The Bertz CT molecular complexity index is 568. The van der Waals surface area contributed by atoms with E-state index in [9.17, 15) is 18.0 Å². The first kappa shape index (κ1) is 19.9. The molecule has 1 fully saturated rings. The second kappa shape index (κ2) is 9.33. The van der Waals surface area contributed by atoms with Gasteiger partial charge in [0.1, 0.15) is 11.1 Å². The predicted molar refractivity (Wildman–Crippen MR) is 90.4 cm³/mol. The molecule has 1 aliphatic heterocycles. The Kier molecular flexibility index (Phi) is 7.43. The number of rotatable bonds is 9. The Morgan fingerprint density at radius 1 is 1.28 bits per heavy atom. The van der Waals surface area contributed by atoms with E-state index in [-0.39, 0.29) is 17.0 Å². The van der Waals surface area contributed by atoms with Gasteiger partial charge in [-0.2, -0.15) is 0 Å². The summed E-state index contributed by atoms with van der Waals surface area (Å²) in [6.07, 6.45) is -1.95. The molecule has 1 heterocycles. The van der Waals surface area contributed by atoms with Crippen LogP contribution >= 0.6 is 11.8 Å². The molecule has 4 nitrogen and oxygen atoms in total. The topological polar surface area (TPSA) is 38.8 Å². The molecule has 0 radical (unpaired) electrons. The van der Waals surface area contributed by atoms with Gasteiger partial charge in [0.2, 0.25) is 5.91 Å². The highest BCUT2D eigenvalue weighted by Crippen LogP contribution is 2.40. The summed E-state index contributed by atoms with van der Waals surface area (Å²) >= 11 is 1.41. The Morgan fingerprint density at radius 3 is 2.76 bits per heavy atom. The van der Waals surface area contributed by atoms with Gasteiger partial charge >= 0.3 is 6.36 Å². The van der Waals surface area contributed by atoms with Gasteiger partial charge in [0, 0.05) is 19.8 Å². The molecule has 8 heteroatoms. The summed E-state index contributed by atoms with van der Waals surface area (Å²) in [6, 6.07) is 5.81. The van der Waals surface area contributed by atoms with Crippen LogP contribution in [0.3, 0.4) is 0 Å². The largest absolute Gasteiger partial charge is 0.573 e. The molecule has 0 spiro atoms. The number of ether oxygens (including phenoxy) is 2. The molecule has 0 saturated carbocycles. The second-order valence-electron chi connectivity index (χ2n) is 5.69. The average molecular weight is 377 g/mol. The van der Waals surface area contributed by atoms with Crippen LogP contribution in [0.25, 0.3) is 0 Å².